The molecular weight excluding hydrogens is 601 g/mol. The van der Waals surface area contributed by atoms with E-state index in [1.54, 1.807) is 0 Å². The van der Waals surface area contributed by atoms with E-state index in [-0.39, 0.29) is 16.8 Å². The molecule has 0 nitrogen and oxygen atoms in total. The molecule has 7 rings (SSSR count). The molecule has 0 atom stereocenters. The van der Waals surface area contributed by atoms with Gasteiger partial charge in [-0.05, 0) is 48.5 Å². The first-order valence-electron chi connectivity index (χ1n) is 14.8. The third-order valence-corrected chi connectivity index (χ3v) is 14.2. The van der Waals surface area contributed by atoms with Gasteiger partial charge in [0.2, 0.25) is 0 Å². The fourth-order valence-corrected chi connectivity index (χ4v) is 12.2. The second-order valence-corrected chi connectivity index (χ2v) is 15.9. The summed E-state index contributed by atoms with van der Waals surface area (Å²) in [5.41, 5.74) is 1.40. The Balaban J connectivity index is 0.000000205. The van der Waals surface area contributed by atoms with Crippen molar-refractivity contribution in [3.63, 3.8) is 0 Å². The SMILES string of the molecule is Cc1c2ccccc2[c-]2ccccc12.[Co].c1ccc([PH+](CC[PH+](c2ccccc2)c2ccccc2)c2ccccc2)cc1. The zero-order chi connectivity index (χ0) is 28.6. The van der Waals surface area contributed by atoms with E-state index in [9.17, 15) is 0 Å². The maximum atomic E-state index is 2.32. The van der Waals surface area contributed by atoms with Crippen LogP contribution in [-0.2, 0) is 16.8 Å². The summed E-state index contributed by atoms with van der Waals surface area (Å²) in [6, 6.07) is 61.7. The van der Waals surface area contributed by atoms with Gasteiger partial charge >= 0.3 is 0 Å². The zero-order valence-corrected chi connectivity index (χ0v) is 27.5. The molecular formula is C40H37CoP2+. The number of fused-ring (bicyclic) bond motifs is 3. The van der Waals surface area contributed by atoms with Crippen LogP contribution in [0.2, 0.25) is 0 Å². The Morgan fingerprint density at radius 1 is 0.419 bits per heavy atom. The van der Waals surface area contributed by atoms with Crippen LogP contribution in [0.4, 0.5) is 0 Å². The van der Waals surface area contributed by atoms with Crippen LogP contribution in [0, 0.1) is 6.92 Å². The fourth-order valence-electron chi connectivity index (χ4n) is 5.95. The molecule has 0 spiro atoms. The molecule has 43 heavy (non-hydrogen) atoms. The first-order valence-corrected chi connectivity index (χ1v) is 18.2. The number of rotatable bonds is 7. The number of hydrogen-bond donors (Lipinski definition) is 0. The zero-order valence-electron chi connectivity index (χ0n) is 24.4. The van der Waals surface area contributed by atoms with Crippen molar-refractivity contribution in [2.75, 3.05) is 12.3 Å². The van der Waals surface area contributed by atoms with E-state index in [0.717, 1.165) is 0 Å². The van der Waals surface area contributed by atoms with Crippen LogP contribution in [0.15, 0.2) is 170 Å². The number of aryl methyl sites for hydroxylation is 1. The summed E-state index contributed by atoms with van der Waals surface area (Å²) in [5.74, 6) is 0. The van der Waals surface area contributed by atoms with Crippen molar-refractivity contribution < 1.29 is 16.8 Å². The monoisotopic (exact) mass is 638 g/mol. The van der Waals surface area contributed by atoms with Crippen LogP contribution in [0.3, 0.4) is 0 Å². The molecule has 0 bridgehead atoms. The van der Waals surface area contributed by atoms with Crippen LogP contribution in [0.25, 0.3) is 21.5 Å². The second kappa shape index (κ2) is 15.3. The van der Waals surface area contributed by atoms with Gasteiger partial charge in [-0.2, -0.15) is 0 Å². The van der Waals surface area contributed by atoms with Gasteiger partial charge in [0.05, 0.1) is 37.1 Å². The minimum absolute atomic E-state index is 0. The number of hydrogen-bond acceptors (Lipinski definition) is 0. The smallest absolute Gasteiger partial charge is 0.101 e. The van der Waals surface area contributed by atoms with Crippen molar-refractivity contribution in [3.05, 3.63) is 175 Å². The van der Waals surface area contributed by atoms with Gasteiger partial charge in [-0.25, -0.2) is 0 Å². The summed E-state index contributed by atoms with van der Waals surface area (Å²) >= 11 is 0. The molecule has 7 aromatic carbocycles. The fraction of sp³-hybridized carbons (Fsp3) is 0.0750. The second-order valence-electron chi connectivity index (χ2n) is 10.6. The number of benzene rings is 6. The summed E-state index contributed by atoms with van der Waals surface area (Å²) in [6.45, 7) is 2.20. The molecule has 0 unspecified atom stereocenters. The Hall–Kier alpha value is -3.44. The van der Waals surface area contributed by atoms with Crippen LogP contribution in [0.5, 0.6) is 0 Å². The normalized spacial score (nSPS) is 10.9. The van der Waals surface area contributed by atoms with Crippen LogP contribution < -0.4 is 21.2 Å². The third-order valence-electron chi connectivity index (χ3n) is 8.07. The van der Waals surface area contributed by atoms with Gasteiger partial charge in [0, 0.05) is 16.8 Å². The topological polar surface area (TPSA) is 0 Å². The van der Waals surface area contributed by atoms with E-state index in [4.69, 9.17) is 0 Å². The predicted molar refractivity (Wildman–Crippen MR) is 192 cm³/mol. The van der Waals surface area contributed by atoms with Crippen molar-refractivity contribution in [1.29, 1.82) is 0 Å². The van der Waals surface area contributed by atoms with Crippen molar-refractivity contribution in [2.24, 2.45) is 0 Å². The van der Waals surface area contributed by atoms with Gasteiger partial charge in [0.1, 0.15) is 12.3 Å². The Bertz CT molecular complexity index is 1620. The Labute approximate surface area is 268 Å². The maximum absolute atomic E-state index is 2.32. The van der Waals surface area contributed by atoms with E-state index < -0.39 is 15.8 Å². The molecule has 0 N–H and O–H groups in total. The Morgan fingerprint density at radius 2 is 0.767 bits per heavy atom. The Morgan fingerprint density at radius 3 is 1.21 bits per heavy atom. The molecule has 0 aliphatic rings. The van der Waals surface area contributed by atoms with Gasteiger partial charge in [-0.1, -0.05) is 114 Å². The Kier molecular flexibility index (Phi) is 11.1. The van der Waals surface area contributed by atoms with E-state index >= 15 is 0 Å². The molecule has 0 saturated heterocycles. The molecule has 0 heterocycles. The quantitative estimate of drug-likeness (QED) is 0.121. The predicted octanol–water partition coefficient (Wildman–Crippen LogP) is 8.73. The van der Waals surface area contributed by atoms with Gasteiger partial charge in [0.15, 0.2) is 0 Å². The summed E-state index contributed by atoms with van der Waals surface area (Å²) in [7, 11) is -1.57. The first kappa shape index (κ1) is 31.0. The summed E-state index contributed by atoms with van der Waals surface area (Å²) in [4.78, 5) is 0. The standard InChI is InChI=1S/C26H24P2.C14H11.Co/c1-5-13-23(14-6-1)27(24-15-7-2-8-16-24)21-22-28(25-17-9-3-10-18-25)26-19-11-4-12-20-26;1-10-11-6-2-4-8-13(11)14-9-5-3-7-12(10)14;/h1-20H,21-22H2;2-9H,1H3;/q;-1;/p+2. The van der Waals surface area contributed by atoms with E-state index in [0.29, 0.717) is 0 Å². The summed E-state index contributed by atoms with van der Waals surface area (Å²) in [5, 5.41) is 11.6. The van der Waals surface area contributed by atoms with Gasteiger partial charge < -0.3 is 0 Å². The van der Waals surface area contributed by atoms with Crippen LogP contribution >= 0.6 is 15.8 Å². The molecule has 0 fully saturated rings. The molecule has 1 radical (unpaired) electrons. The van der Waals surface area contributed by atoms with Gasteiger partial charge in [-0.3, -0.25) is 0 Å². The summed E-state index contributed by atoms with van der Waals surface area (Å²) in [6.07, 6.45) is 2.52. The molecule has 0 amide bonds. The van der Waals surface area contributed by atoms with Crippen LogP contribution in [-0.4, -0.2) is 12.3 Å². The van der Waals surface area contributed by atoms with Gasteiger partial charge in [-0.15, -0.1) is 41.3 Å². The minimum Gasteiger partial charge on any atom is -0.117 e. The minimum atomic E-state index is -0.783. The van der Waals surface area contributed by atoms with Crippen LogP contribution in [0.1, 0.15) is 5.56 Å². The largest absolute Gasteiger partial charge is 0.117 e. The maximum Gasteiger partial charge on any atom is 0.101 e. The third kappa shape index (κ3) is 7.38. The summed E-state index contributed by atoms with van der Waals surface area (Å²) < 4.78 is 0. The van der Waals surface area contributed by atoms with E-state index in [2.05, 4.69) is 177 Å². The molecule has 7 aromatic rings. The van der Waals surface area contributed by atoms with Gasteiger partial charge in [0.25, 0.3) is 0 Å². The average molecular weight is 639 g/mol. The van der Waals surface area contributed by atoms with E-state index in [1.807, 2.05) is 0 Å². The van der Waals surface area contributed by atoms with E-state index in [1.165, 1.54) is 60.7 Å². The molecule has 3 heteroatoms. The van der Waals surface area contributed by atoms with Crippen molar-refractivity contribution in [2.45, 2.75) is 6.92 Å². The van der Waals surface area contributed by atoms with Crippen molar-refractivity contribution in [1.82, 2.24) is 0 Å². The molecule has 0 aromatic heterocycles. The molecule has 0 aliphatic carbocycles. The van der Waals surface area contributed by atoms with Crippen molar-refractivity contribution in [3.8, 4) is 0 Å². The first-order chi connectivity index (χ1) is 20.8. The van der Waals surface area contributed by atoms with Crippen molar-refractivity contribution >= 4 is 58.6 Å². The average Bonchev–Trinajstić information content (AvgIpc) is 3.37. The molecule has 0 aliphatic heterocycles. The molecule has 215 valence electrons. The molecule has 0 saturated carbocycles.